The normalized spacial score (nSPS) is 9.58. The zero-order chi connectivity index (χ0) is 14.1. The summed E-state index contributed by atoms with van der Waals surface area (Å²) in [4.78, 5) is 10.6. The predicted molar refractivity (Wildman–Crippen MR) is 74.0 cm³/mol. The van der Waals surface area contributed by atoms with Gasteiger partial charge in [-0.25, -0.2) is 0 Å². The second-order valence-corrected chi connectivity index (χ2v) is 3.95. The molecule has 0 amide bonds. The van der Waals surface area contributed by atoms with Crippen molar-refractivity contribution in [2.75, 3.05) is 13.2 Å². The quantitative estimate of drug-likeness (QED) is 0.355. The van der Waals surface area contributed by atoms with E-state index in [0.717, 1.165) is 18.5 Å². The maximum Gasteiger partial charge on any atom is 0.311 e. The third-order valence-electron chi connectivity index (χ3n) is 2.45. The van der Waals surface area contributed by atoms with E-state index >= 15 is 0 Å². The fourth-order valence-electron chi connectivity index (χ4n) is 1.53. The maximum atomic E-state index is 11.0. The lowest BCUT2D eigenvalue weighted by Gasteiger charge is -2.07. The smallest absolute Gasteiger partial charge is 0.311 e. The Morgan fingerprint density at radius 3 is 2.89 bits per heavy atom. The molecule has 0 atom stereocenters. The molecule has 0 heterocycles. The van der Waals surface area contributed by atoms with E-state index in [2.05, 4.69) is 24.1 Å². The second kappa shape index (κ2) is 8.11. The molecule has 0 aliphatic heterocycles. The van der Waals surface area contributed by atoms with Crippen LogP contribution in [-0.4, -0.2) is 18.1 Å². The summed E-state index contributed by atoms with van der Waals surface area (Å²) in [5.74, 6) is 5.65. The van der Waals surface area contributed by atoms with Crippen LogP contribution >= 0.6 is 0 Å². The van der Waals surface area contributed by atoms with Crippen LogP contribution in [0.25, 0.3) is 0 Å². The SMILES string of the molecule is CC#CCOc1ccc(CNCCC)cc1[N+](=O)[O-]. The summed E-state index contributed by atoms with van der Waals surface area (Å²) in [6.07, 6.45) is 1.03. The first-order chi connectivity index (χ1) is 9.19. The molecule has 1 rings (SSSR count). The zero-order valence-electron chi connectivity index (χ0n) is 11.2. The molecule has 5 heteroatoms. The number of hydrogen-bond acceptors (Lipinski definition) is 4. The van der Waals surface area contributed by atoms with Gasteiger partial charge in [0.15, 0.2) is 5.75 Å². The van der Waals surface area contributed by atoms with Crippen LogP contribution in [0, 0.1) is 22.0 Å². The standard InChI is InChI=1S/C14H18N2O3/c1-3-5-9-19-14-7-6-12(11-15-8-4-2)10-13(14)16(17)18/h6-7,10,15H,4,8-9,11H2,1-2H3. The lowest BCUT2D eigenvalue weighted by molar-refractivity contribution is -0.385. The van der Waals surface area contributed by atoms with Gasteiger partial charge in [0.2, 0.25) is 0 Å². The number of rotatable bonds is 7. The number of ether oxygens (including phenoxy) is 1. The summed E-state index contributed by atoms with van der Waals surface area (Å²) in [7, 11) is 0. The molecule has 19 heavy (non-hydrogen) atoms. The van der Waals surface area contributed by atoms with Gasteiger partial charge in [-0.15, -0.1) is 5.92 Å². The minimum Gasteiger partial charge on any atom is -0.474 e. The van der Waals surface area contributed by atoms with E-state index in [0.29, 0.717) is 6.54 Å². The first-order valence-corrected chi connectivity index (χ1v) is 6.19. The molecule has 1 aromatic carbocycles. The van der Waals surface area contributed by atoms with E-state index in [4.69, 9.17) is 4.74 Å². The Hall–Kier alpha value is -2.06. The Kier molecular flexibility index (Phi) is 6.41. The lowest BCUT2D eigenvalue weighted by atomic mass is 10.2. The molecule has 0 radical (unpaired) electrons. The number of nitro groups is 1. The van der Waals surface area contributed by atoms with Gasteiger partial charge in [-0.3, -0.25) is 10.1 Å². The molecular weight excluding hydrogens is 244 g/mol. The molecule has 102 valence electrons. The third-order valence-corrected chi connectivity index (χ3v) is 2.45. The molecular formula is C14H18N2O3. The Morgan fingerprint density at radius 2 is 2.26 bits per heavy atom. The minimum absolute atomic E-state index is 0.0197. The number of nitro benzene ring substituents is 1. The molecule has 0 aromatic heterocycles. The van der Waals surface area contributed by atoms with Crippen molar-refractivity contribution in [2.24, 2.45) is 0 Å². The minimum atomic E-state index is -0.433. The summed E-state index contributed by atoms with van der Waals surface area (Å²) in [6.45, 7) is 5.42. The molecule has 0 spiro atoms. The van der Waals surface area contributed by atoms with Gasteiger partial charge >= 0.3 is 5.69 Å². The van der Waals surface area contributed by atoms with Gasteiger partial charge in [0.25, 0.3) is 0 Å². The highest BCUT2D eigenvalue weighted by Crippen LogP contribution is 2.27. The van der Waals surface area contributed by atoms with Gasteiger partial charge in [0, 0.05) is 12.6 Å². The van der Waals surface area contributed by atoms with E-state index in [1.165, 1.54) is 6.07 Å². The molecule has 0 fully saturated rings. The molecule has 1 N–H and O–H groups in total. The summed E-state index contributed by atoms with van der Waals surface area (Å²) < 4.78 is 5.28. The van der Waals surface area contributed by atoms with Gasteiger partial charge in [0.05, 0.1) is 4.92 Å². The summed E-state index contributed by atoms with van der Waals surface area (Å²) in [5, 5.41) is 14.2. The van der Waals surface area contributed by atoms with Gasteiger partial charge < -0.3 is 10.1 Å². The van der Waals surface area contributed by atoms with Crippen molar-refractivity contribution in [3.63, 3.8) is 0 Å². The van der Waals surface area contributed by atoms with Crippen LogP contribution < -0.4 is 10.1 Å². The van der Waals surface area contributed by atoms with E-state index < -0.39 is 4.92 Å². The average Bonchev–Trinajstić information content (AvgIpc) is 2.40. The maximum absolute atomic E-state index is 11.0. The van der Waals surface area contributed by atoms with Crippen molar-refractivity contribution in [2.45, 2.75) is 26.8 Å². The summed E-state index contributed by atoms with van der Waals surface area (Å²) in [5.41, 5.74) is 0.850. The molecule has 0 aliphatic carbocycles. The highest BCUT2D eigenvalue weighted by Gasteiger charge is 2.15. The van der Waals surface area contributed by atoms with Crippen LogP contribution in [0.2, 0.25) is 0 Å². The van der Waals surface area contributed by atoms with Crippen LogP contribution in [-0.2, 0) is 6.54 Å². The van der Waals surface area contributed by atoms with Gasteiger partial charge in [-0.1, -0.05) is 18.9 Å². The second-order valence-electron chi connectivity index (χ2n) is 3.95. The topological polar surface area (TPSA) is 64.4 Å². The van der Waals surface area contributed by atoms with E-state index in [1.54, 1.807) is 13.0 Å². The van der Waals surface area contributed by atoms with Gasteiger partial charge in [0.1, 0.15) is 6.61 Å². The van der Waals surface area contributed by atoms with Crippen LogP contribution in [0.4, 0.5) is 5.69 Å². The number of benzene rings is 1. The highest BCUT2D eigenvalue weighted by molar-refractivity contribution is 5.48. The third kappa shape index (κ3) is 4.98. The summed E-state index contributed by atoms with van der Waals surface area (Å²) >= 11 is 0. The molecule has 5 nitrogen and oxygen atoms in total. The number of hydrogen-bond donors (Lipinski definition) is 1. The Balaban J connectivity index is 2.81. The Labute approximate surface area is 113 Å². The van der Waals surface area contributed by atoms with Crippen LogP contribution in [0.5, 0.6) is 5.75 Å². The fourth-order valence-corrected chi connectivity index (χ4v) is 1.53. The zero-order valence-corrected chi connectivity index (χ0v) is 11.2. The van der Waals surface area contributed by atoms with E-state index in [1.807, 2.05) is 6.07 Å². The first-order valence-electron chi connectivity index (χ1n) is 6.19. The van der Waals surface area contributed by atoms with Crippen LogP contribution in [0.3, 0.4) is 0 Å². The van der Waals surface area contributed by atoms with E-state index in [9.17, 15) is 10.1 Å². The number of nitrogens with zero attached hydrogens (tertiary/aromatic N) is 1. The van der Waals surface area contributed by atoms with Crippen molar-refractivity contribution in [3.8, 4) is 17.6 Å². The van der Waals surface area contributed by atoms with E-state index in [-0.39, 0.29) is 18.0 Å². The molecule has 1 aromatic rings. The van der Waals surface area contributed by atoms with Crippen LogP contribution in [0.1, 0.15) is 25.8 Å². The van der Waals surface area contributed by atoms with Crippen molar-refractivity contribution in [1.82, 2.24) is 5.32 Å². The van der Waals surface area contributed by atoms with Crippen molar-refractivity contribution in [3.05, 3.63) is 33.9 Å². The molecule has 0 bridgehead atoms. The predicted octanol–water partition coefficient (Wildman–Crippen LogP) is 2.50. The Morgan fingerprint density at radius 1 is 1.47 bits per heavy atom. The monoisotopic (exact) mass is 262 g/mol. The first kappa shape index (κ1) is 15.0. The summed E-state index contributed by atoms with van der Waals surface area (Å²) in [6, 6.07) is 4.99. The van der Waals surface area contributed by atoms with Crippen LogP contribution in [0.15, 0.2) is 18.2 Å². The number of nitrogens with one attached hydrogen (secondary N) is 1. The van der Waals surface area contributed by atoms with Gasteiger partial charge in [-0.05, 0) is 31.5 Å². The largest absolute Gasteiger partial charge is 0.474 e. The lowest BCUT2D eigenvalue weighted by Crippen LogP contribution is -2.14. The van der Waals surface area contributed by atoms with Crippen molar-refractivity contribution >= 4 is 5.69 Å². The van der Waals surface area contributed by atoms with Gasteiger partial charge in [-0.2, -0.15) is 0 Å². The Bertz CT molecular complexity index is 489. The van der Waals surface area contributed by atoms with Crippen molar-refractivity contribution < 1.29 is 9.66 Å². The van der Waals surface area contributed by atoms with Crippen molar-refractivity contribution in [1.29, 1.82) is 0 Å². The highest BCUT2D eigenvalue weighted by atomic mass is 16.6. The molecule has 0 saturated carbocycles. The average molecular weight is 262 g/mol. The molecule has 0 unspecified atom stereocenters. The fraction of sp³-hybridized carbons (Fsp3) is 0.429. The molecule has 0 aliphatic rings. The molecule has 0 saturated heterocycles.